The van der Waals surface area contributed by atoms with Crippen LogP contribution in [0.5, 0.6) is 5.75 Å². The number of thiazole rings is 1. The van der Waals surface area contributed by atoms with Crippen LogP contribution in [-0.2, 0) is 4.74 Å². The van der Waals surface area contributed by atoms with Crippen LogP contribution in [0.2, 0.25) is 0 Å². The Kier molecular flexibility index (Phi) is 5.48. The first kappa shape index (κ1) is 16.9. The molecule has 2 aromatic rings. The first-order chi connectivity index (χ1) is 11.6. The van der Waals surface area contributed by atoms with Gasteiger partial charge in [-0.1, -0.05) is 17.7 Å². The van der Waals surface area contributed by atoms with Crippen molar-refractivity contribution in [1.82, 2.24) is 10.3 Å². The monoisotopic (exact) mass is 346 g/mol. The molecule has 1 amide bonds. The molecule has 0 spiro atoms. The van der Waals surface area contributed by atoms with Crippen molar-refractivity contribution in [2.75, 3.05) is 13.2 Å². The molecule has 1 N–H and O–H groups in total. The lowest BCUT2D eigenvalue weighted by molar-refractivity contribution is 0.0930. The molecule has 1 fully saturated rings. The first-order valence-electron chi connectivity index (χ1n) is 8.19. The maximum atomic E-state index is 12.3. The Morgan fingerprint density at radius 1 is 1.46 bits per heavy atom. The lowest BCUT2D eigenvalue weighted by Gasteiger charge is -2.14. The Morgan fingerprint density at radius 3 is 2.96 bits per heavy atom. The summed E-state index contributed by atoms with van der Waals surface area (Å²) in [6, 6.07) is 7.78. The average Bonchev–Trinajstić information content (AvgIpc) is 3.25. The Bertz CT molecular complexity index is 678. The molecule has 6 heteroatoms. The van der Waals surface area contributed by atoms with Crippen molar-refractivity contribution in [3.8, 4) is 5.75 Å². The number of benzene rings is 1. The molecule has 2 atom stereocenters. The fraction of sp³-hybridized carbons (Fsp3) is 0.444. The van der Waals surface area contributed by atoms with Gasteiger partial charge >= 0.3 is 0 Å². The minimum Gasteiger partial charge on any atom is -0.491 e. The molecule has 0 aliphatic carbocycles. The summed E-state index contributed by atoms with van der Waals surface area (Å²) in [6.07, 6.45) is 3.72. The third kappa shape index (κ3) is 4.33. The molecule has 1 aliphatic heterocycles. The maximum Gasteiger partial charge on any atom is 0.263 e. The van der Waals surface area contributed by atoms with E-state index in [0.717, 1.165) is 30.2 Å². The second-order valence-corrected chi connectivity index (χ2v) is 7.13. The van der Waals surface area contributed by atoms with Crippen LogP contribution >= 0.6 is 11.3 Å². The number of carbonyl (C=O) groups is 1. The van der Waals surface area contributed by atoms with Crippen LogP contribution in [0.4, 0.5) is 0 Å². The minimum atomic E-state index is -0.114. The van der Waals surface area contributed by atoms with Crippen LogP contribution in [0.15, 0.2) is 30.5 Å². The van der Waals surface area contributed by atoms with E-state index in [9.17, 15) is 4.79 Å². The number of hydrogen-bond donors (Lipinski definition) is 1. The van der Waals surface area contributed by atoms with E-state index >= 15 is 0 Å². The van der Waals surface area contributed by atoms with E-state index in [4.69, 9.17) is 9.47 Å². The van der Waals surface area contributed by atoms with Gasteiger partial charge in [0.05, 0.1) is 12.2 Å². The number of amides is 1. The number of aromatic nitrogens is 1. The SMILES string of the molecule is Cc1ccc(OCC(C)NC(=O)c2cnc(C3CCCO3)s2)cc1. The van der Waals surface area contributed by atoms with Crippen molar-refractivity contribution in [1.29, 1.82) is 0 Å². The third-order valence-corrected chi connectivity index (χ3v) is 4.94. The van der Waals surface area contributed by atoms with Gasteiger partial charge in [0.1, 0.15) is 28.3 Å². The average molecular weight is 346 g/mol. The molecule has 1 aliphatic rings. The molecule has 2 unspecified atom stereocenters. The molecular formula is C18H22N2O3S. The van der Waals surface area contributed by atoms with Crippen molar-refractivity contribution in [3.63, 3.8) is 0 Å². The number of nitrogens with zero attached hydrogens (tertiary/aromatic N) is 1. The van der Waals surface area contributed by atoms with Crippen LogP contribution in [0.3, 0.4) is 0 Å². The summed E-state index contributed by atoms with van der Waals surface area (Å²) in [6.45, 7) is 5.16. The van der Waals surface area contributed by atoms with E-state index in [1.54, 1.807) is 6.20 Å². The third-order valence-electron chi connectivity index (χ3n) is 3.85. The van der Waals surface area contributed by atoms with Gasteiger partial charge < -0.3 is 14.8 Å². The minimum absolute atomic E-state index is 0.0545. The second-order valence-electron chi connectivity index (χ2n) is 6.06. The summed E-state index contributed by atoms with van der Waals surface area (Å²) in [7, 11) is 0. The van der Waals surface area contributed by atoms with Gasteiger partial charge in [0.2, 0.25) is 0 Å². The summed E-state index contributed by atoms with van der Waals surface area (Å²) in [5, 5.41) is 3.84. The lowest BCUT2D eigenvalue weighted by Crippen LogP contribution is -2.36. The van der Waals surface area contributed by atoms with Crippen molar-refractivity contribution in [2.24, 2.45) is 0 Å². The zero-order valence-electron chi connectivity index (χ0n) is 14.0. The maximum absolute atomic E-state index is 12.3. The number of aryl methyl sites for hydroxylation is 1. The van der Waals surface area contributed by atoms with E-state index in [1.165, 1.54) is 16.9 Å². The molecule has 0 radical (unpaired) electrons. The Labute approximate surface area is 146 Å². The van der Waals surface area contributed by atoms with Gasteiger partial charge in [-0.05, 0) is 38.8 Å². The zero-order chi connectivity index (χ0) is 16.9. The number of ether oxygens (including phenoxy) is 2. The van der Waals surface area contributed by atoms with Crippen molar-refractivity contribution < 1.29 is 14.3 Å². The van der Waals surface area contributed by atoms with E-state index < -0.39 is 0 Å². The highest BCUT2D eigenvalue weighted by Crippen LogP contribution is 2.31. The summed E-state index contributed by atoms with van der Waals surface area (Å²) in [4.78, 5) is 17.2. The molecule has 1 saturated heterocycles. The molecule has 5 nitrogen and oxygen atoms in total. The molecule has 2 heterocycles. The predicted molar refractivity (Wildman–Crippen MR) is 93.6 cm³/mol. The number of hydrogen-bond acceptors (Lipinski definition) is 5. The largest absolute Gasteiger partial charge is 0.491 e. The summed E-state index contributed by atoms with van der Waals surface area (Å²) in [5.74, 6) is 0.692. The van der Waals surface area contributed by atoms with E-state index in [-0.39, 0.29) is 18.1 Å². The highest BCUT2D eigenvalue weighted by molar-refractivity contribution is 7.13. The lowest BCUT2D eigenvalue weighted by atomic mass is 10.2. The van der Waals surface area contributed by atoms with Gasteiger partial charge in [0.25, 0.3) is 5.91 Å². The molecule has 1 aromatic heterocycles. The van der Waals surface area contributed by atoms with Gasteiger partial charge in [-0.15, -0.1) is 11.3 Å². The molecule has 128 valence electrons. The standard InChI is InChI=1S/C18H22N2O3S/c1-12-5-7-14(8-6-12)23-11-13(2)20-17(21)16-10-19-18(24-16)15-4-3-9-22-15/h5-8,10,13,15H,3-4,9,11H2,1-2H3,(H,20,21). The van der Waals surface area contributed by atoms with Crippen molar-refractivity contribution in [2.45, 2.75) is 38.8 Å². The molecule has 24 heavy (non-hydrogen) atoms. The summed E-state index contributed by atoms with van der Waals surface area (Å²) < 4.78 is 11.3. The van der Waals surface area contributed by atoms with Crippen LogP contribution in [-0.4, -0.2) is 30.1 Å². The predicted octanol–water partition coefficient (Wildman–Crippen LogP) is 3.50. The van der Waals surface area contributed by atoms with Gasteiger partial charge in [0, 0.05) is 6.61 Å². The number of nitrogens with one attached hydrogen (secondary N) is 1. The van der Waals surface area contributed by atoms with Gasteiger partial charge in [-0.2, -0.15) is 0 Å². The van der Waals surface area contributed by atoms with Crippen LogP contribution < -0.4 is 10.1 Å². The molecular weight excluding hydrogens is 324 g/mol. The Balaban J connectivity index is 1.49. The van der Waals surface area contributed by atoms with Crippen LogP contribution in [0, 0.1) is 6.92 Å². The summed E-state index contributed by atoms with van der Waals surface area (Å²) in [5.41, 5.74) is 1.19. The fourth-order valence-electron chi connectivity index (χ4n) is 2.51. The van der Waals surface area contributed by atoms with Gasteiger partial charge in [-0.3, -0.25) is 4.79 Å². The van der Waals surface area contributed by atoms with E-state index in [2.05, 4.69) is 10.3 Å². The van der Waals surface area contributed by atoms with Crippen molar-refractivity contribution in [3.05, 3.63) is 45.9 Å². The zero-order valence-corrected chi connectivity index (χ0v) is 14.8. The topological polar surface area (TPSA) is 60.5 Å². The van der Waals surface area contributed by atoms with Crippen molar-refractivity contribution >= 4 is 17.2 Å². The highest BCUT2D eigenvalue weighted by atomic mass is 32.1. The quantitative estimate of drug-likeness (QED) is 0.870. The summed E-state index contributed by atoms with van der Waals surface area (Å²) >= 11 is 1.41. The molecule has 0 saturated carbocycles. The highest BCUT2D eigenvalue weighted by Gasteiger charge is 2.22. The van der Waals surface area contributed by atoms with E-state index in [1.807, 2.05) is 38.1 Å². The molecule has 3 rings (SSSR count). The number of carbonyl (C=O) groups excluding carboxylic acids is 1. The number of rotatable bonds is 6. The Morgan fingerprint density at radius 2 is 2.25 bits per heavy atom. The Hall–Kier alpha value is -1.92. The van der Waals surface area contributed by atoms with Gasteiger partial charge in [-0.25, -0.2) is 4.98 Å². The smallest absolute Gasteiger partial charge is 0.263 e. The van der Waals surface area contributed by atoms with Crippen LogP contribution in [0.25, 0.3) is 0 Å². The molecule has 0 bridgehead atoms. The van der Waals surface area contributed by atoms with E-state index in [0.29, 0.717) is 11.5 Å². The van der Waals surface area contributed by atoms with Crippen LogP contribution in [0.1, 0.15) is 46.1 Å². The normalized spacial score (nSPS) is 18.3. The molecule has 1 aromatic carbocycles. The van der Waals surface area contributed by atoms with Gasteiger partial charge in [0.15, 0.2) is 0 Å². The fourth-order valence-corrected chi connectivity index (χ4v) is 3.41. The first-order valence-corrected chi connectivity index (χ1v) is 9.01. The second kappa shape index (κ2) is 7.77.